The first-order chi connectivity index (χ1) is 8.81. The van der Waals surface area contributed by atoms with Crippen LogP contribution in [-0.4, -0.2) is 60.3 Å². The highest BCUT2D eigenvalue weighted by atomic mass is 16.3. The number of piperazine rings is 1. The van der Waals surface area contributed by atoms with Crippen molar-refractivity contribution in [1.82, 2.24) is 9.80 Å². The van der Waals surface area contributed by atoms with Gasteiger partial charge >= 0.3 is 0 Å². The van der Waals surface area contributed by atoms with Crippen LogP contribution in [0.15, 0.2) is 0 Å². The highest BCUT2D eigenvalue weighted by Crippen LogP contribution is 2.30. The minimum atomic E-state index is -0.0248. The largest absolute Gasteiger partial charge is 0.393 e. The zero-order chi connectivity index (χ0) is 12.4. The van der Waals surface area contributed by atoms with E-state index in [1.54, 1.807) is 0 Å². The Morgan fingerprint density at radius 2 is 1.39 bits per heavy atom. The summed E-state index contributed by atoms with van der Waals surface area (Å²) in [4.78, 5) is 5.23. The van der Waals surface area contributed by atoms with E-state index < -0.39 is 0 Å². The first-order valence-corrected chi connectivity index (χ1v) is 7.94. The van der Waals surface area contributed by atoms with Crippen LogP contribution in [-0.2, 0) is 0 Å². The molecule has 0 amide bonds. The minimum absolute atomic E-state index is 0.0248. The summed E-state index contributed by atoms with van der Waals surface area (Å²) in [5.41, 5.74) is 0. The zero-order valence-corrected chi connectivity index (χ0v) is 11.6. The topological polar surface area (TPSA) is 26.7 Å². The van der Waals surface area contributed by atoms with E-state index in [1.807, 2.05) is 0 Å². The van der Waals surface area contributed by atoms with Crippen molar-refractivity contribution in [3.63, 3.8) is 0 Å². The molecule has 0 spiro atoms. The van der Waals surface area contributed by atoms with E-state index in [1.165, 1.54) is 64.8 Å². The smallest absolute Gasteiger partial charge is 0.0580 e. The molecule has 2 atom stereocenters. The van der Waals surface area contributed by atoms with E-state index in [9.17, 15) is 5.11 Å². The molecule has 104 valence electrons. The first kappa shape index (κ1) is 12.9. The van der Waals surface area contributed by atoms with Crippen molar-refractivity contribution in [2.45, 2.75) is 44.6 Å². The van der Waals surface area contributed by atoms with Gasteiger partial charge in [0.05, 0.1) is 6.10 Å². The van der Waals surface area contributed by atoms with Crippen molar-refractivity contribution in [3.05, 3.63) is 0 Å². The maximum Gasteiger partial charge on any atom is 0.0580 e. The van der Waals surface area contributed by atoms with Crippen LogP contribution in [0, 0.1) is 11.8 Å². The number of hydrogen-bond acceptors (Lipinski definition) is 3. The van der Waals surface area contributed by atoms with E-state index in [0.29, 0.717) is 5.92 Å². The molecule has 2 unspecified atom stereocenters. The van der Waals surface area contributed by atoms with Crippen LogP contribution in [0.5, 0.6) is 0 Å². The number of hydrogen-bond donors (Lipinski definition) is 1. The normalized spacial score (nSPS) is 35.8. The summed E-state index contributed by atoms with van der Waals surface area (Å²) in [5.74, 6) is 1.57. The first-order valence-electron chi connectivity index (χ1n) is 7.94. The molecule has 3 nitrogen and oxygen atoms in total. The Morgan fingerprint density at radius 3 is 2.00 bits per heavy atom. The lowest BCUT2D eigenvalue weighted by Gasteiger charge is -2.38. The molecule has 1 aliphatic heterocycles. The van der Waals surface area contributed by atoms with Gasteiger partial charge in [-0.05, 0) is 37.5 Å². The van der Waals surface area contributed by atoms with Crippen LogP contribution in [0.3, 0.4) is 0 Å². The van der Waals surface area contributed by atoms with E-state index in [-0.39, 0.29) is 6.10 Å². The molecule has 0 bridgehead atoms. The van der Waals surface area contributed by atoms with Crippen molar-refractivity contribution in [1.29, 1.82) is 0 Å². The van der Waals surface area contributed by atoms with Gasteiger partial charge in [0.15, 0.2) is 0 Å². The van der Waals surface area contributed by atoms with Gasteiger partial charge in [-0.1, -0.05) is 12.8 Å². The summed E-state index contributed by atoms with van der Waals surface area (Å²) >= 11 is 0. The predicted molar refractivity (Wildman–Crippen MR) is 73.6 cm³/mol. The van der Waals surface area contributed by atoms with Crippen molar-refractivity contribution < 1.29 is 5.11 Å². The van der Waals surface area contributed by atoms with Crippen LogP contribution in [0.25, 0.3) is 0 Å². The molecule has 1 saturated heterocycles. The fourth-order valence-electron chi connectivity index (χ4n) is 3.55. The third-order valence-electron chi connectivity index (χ3n) is 5.04. The molecule has 0 radical (unpaired) electrons. The Morgan fingerprint density at radius 1 is 0.778 bits per heavy atom. The van der Waals surface area contributed by atoms with Gasteiger partial charge in [-0.2, -0.15) is 0 Å². The SMILES string of the molecule is OC1CCCCC1CN1CCN(CC2CC2)CC1. The lowest BCUT2D eigenvalue weighted by molar-refractivity contribution is 0.0323. The molecular formula is C15H28N2O. The van der Waals surface area contributed by atoms with Gasteiger partial charge in [0, 0.05) is 39.3 Å². The molecule has 1 heterocycles. The van der Waals surface area contributed by atoms with Gasteiger partial charge < -0.3 is 14.9 Å². The van der Waals surface area contributed by atoms with Crippen LogP contribution < -0.4 is 0 Å². The average molecular weight is 252 g/mol. The Labute approximate surface area is 111 Å². The summed E-state index contributed by atoms with van der Waals surface area (Å²) in [6, 6.07) is 0. The molecule has 1 N–H and O–H groups in total. The van der Waals surface area contributed by atoms with Crippen molar-refractivity contribution in [3.8, 4) is 0 Å². The van der Waals surface area contributed by atoms with Gasteiger partial charge in [-0.25, -0.2) is 0 Å². The number of aliphatic hydroxyl groups is 1. The van der Waals surface area contributed by atoms with Gasteiger partial charge in [0.1, 0.15) is 0 Å². The maximum absolute atomic E-state index is 10.0. The molecule has 3 aliphatic rings. The fraction of sp³-hybridized carbons (Fsp3) is 1.00. The summed E-state index contributed by atoms with van der Waals surface area (Å²) in [6.45, 7) is 7.42. The second-order valence-corrected chi connectivity index (χ2v) is 6.66. The van der Waals surface area contributed by atoms with Crippen LogP contribution >= 0.6 is 0 Å². The summed E-state index contributed by atoms with van der Waals surface area (Å²) in [6.07, 6.45) is 7.73. The molecule has 0 aromatic rings. The van der Waals surface area contributed by atoms with E-state index in [0.717, 1.165) is 18.9 Å². The predicted octanol–water partition coefficient (Wildman–Crippen LogP) is 1.57. The van der Waals surface area contributed by atoms with E-state index in [4.69, 9.17) is 0 Å². The highest BCUT2D eigenvalue weighted by molar-refractivity contribution is 4.83. The second kappa shape index (κ2) is 5.89. The Balaban J connectivity index is 1.38. The van der Waals surface area contributed by atoms with Crippen LogP contribution in [0.1, 0.15) is 38.5 Å². The van der Waals surface area contributed by atoms with Gasteiger partial charge in [-0.15, -0.1) is 0 Å². The monoisotopic (exact) mass is 252 g/mol. The Hall–Kier alpha value is -0.120. The molecule has 0 aromatic carbocycles. The van der Waals surface area contributed by atoms with Crippen molar-refractivity contribution in [2.24, 2.45) is 11.8 Å². The quantitative estimate of drug-likeness (QED) is 0.822. The molecule has 3 rings (SSSR count). The molecule has 2 saturated carbocycles. The van der Waals surface area contributed by atoms with Crippen molar-refractivity contribution in [2.75, 3.05) is 39.3 Å². The minimum Gasteiger partial charge on any atom is -0.393 e. The number of nitrogens with zero attached hydrogens (tertiary/aromatic N) is 2. The summed E-state index contributed by atoms with van der Waals surface area (Å²) < 4.78 is 0. The molecule has 3 fully saturated rings. The van der Waals surface area contributed by atoms with E-state index in [2.05, 4.69) is 9.80 Å². The lowest BCUT2D eigenvalue weighted by Crippen LogP contribution is -2.49. The van der Waals surface area contributed by atoms with Crippen LogP contribution in [0.4, 0.5) is 0 Å². The Bertz CT molecular complexity index is 259. The van der Waals surface area contributed by atoms with Crippen molar-refractivity contribution >= 4 is 0 Å². The molecular weight excluding hydrogens is 224 g/mol. The standard InChI is InChI=1S/C15H28N2O/c18-15-4-2-1-3-14(15)12-17-9-7-16(8-10-17)11-13-5-6-13/h13-15,18H,1-12H2. The zero-order valence-electron chi connectivity index (χ0n) is 11.6. The average Bonchev–Trinajstić information content (AvgIpc) is 3.19. The fourth-order valence-corrected chi connectivity index (χ4v) is 3.55. The van der Waals surface area contributed by atoms with Gasteiger partial charge in [-0.3, -0.25) is 0 Å². The third kappa shape index (κ3) is 3.46. The number of aliphatic hydroxyl groups excluding tert-OH is 1. The summed E-state index contributed by atoms with van der Waals surface area (Å²) in [7, 11) is 0. The second-order valence-electron chi connectivity index (χ2n) is 6.66. The summed E-state index contributed by atoms with van der Waals surface area (Å²) in [5, 5.41) is 10.0. The number of rotatable bonds is 4. The maximum atomic E-state index is 10.0. The molecule has 2 aliphatic carbocycles. The molecule has 18 heavy (non-hydrogen) atoms. The lowest BCUT2D eigenvalue weighted by atomic mass is 9.86. The van der Waals surface area contributed by atoms with Gasteiger partial charge in [0.25, 0.3) is 0 Å². The van der Waals surface area contributed by atoms with E-state index >= 15 is 0 Å². The molecule has 3 heteroatoms. The van der Waals surface area contributed by atoms with Gasteiger partial charge in [0.2, 0.25) is 0 Å². The molecule has 0 aromatic heterocycles. The van der Waals surface area contributed by atoms with Crippen LogP contribution in [0.2, 0.25) is 0 Å². The third-order valence-corrected chi connectivity index (χ3v) is 5.04. The highest BCUT2D eigenvalue weighted by Gasteiger charge is 2.29. The Kier molecular flexibility index (Phi) is 4.22.